The van der Waals surface area contributed by atoms with Crippen molar-refractivity contribution < 1.29 is 38.5 Å². The molecule has 0 atom stereocenters. The number of fused-ring (bicyclic) bond motifs is 1. The Kier molecular flexibility index (Phi) is 7.94. The van der Waals surface area contributed by atoms with Crippen molar-refractivity contribution in [2.45, 2.75) is 0 Å². The van der Waals surface area contributed by atoms with Crippen molar-refractivity contribution in [1.29, 1.82) is 0 Å². The van der Waals surface area contributed by atoms with Crippen molar-refractivity contribution in [3.05, 3.63) is 121 Å². The molecule has 13 nitrogen and oxygen atoms in total. The Labute approximate surface area is 224 Å². The molecule has 200 valence electrons. The quantitative estimate of drug-likeness (QED) is 0.121. The van der Waals surface area contributed by atoms with E-state index in [9.17, 15) is 39.4 Å². The van der Waals surface area contributed by atoms with Crippen LogP contribution >= 0.6 is 0 Å². The molecule has 0 saturated carbocycles. The molecule has 0 aliphatic rings. The number of benzene rings is 3. The zero-order chi connectivity index (χ0) is 28.8. The van der Waals surface area contributed by atoms with Gasteiger partial charge in [0.15, 0.2) is 24.8 Å². The fourth-order valence-corrected chi connectivity index (χ4v) is 3.57. The highest BCUT2D eigenvalue weighted by molar-refractivity contribution is 6.07. The highest BCUT2D eigenvalue weighted by atomic mass is 16.6. The Morgan fingerprint density at radius 2 is 1.15 bits per heavy atom. The molecule has 0 aliphatic carbocycles. The normalized spacial score (nSPS) is 10.5. The minimum absolute atomic E-state index is 0.0873. The molecule has 0 bridgehead atoms. The SMILES string of the molecule is O=C(COC(=O)c1cc(C(=O)OCC(=O)c2ccc([N+](=O)[O-])cc2)c2ccccc2n1)c1ccc([N+](=O)[O-])cc1. The number of carbonyl (C=O) groups is 4. The van der Waals surface area contributed by atoms with E-state index in [2.05, 4.69) is 4.98 Å². The maximum atomic E-state index is 12.9. The Balaban J connectivity index is 1.47. The number of aromatic nitrogens is 1. The van der Waals surface area contributed by atoms with Crippen molar-refractivity contribution in [2.75, 3.05) is 13.2 Å². The zero-order valence-corrected chi connectivity index (χ0v) is 20.3. The first kappa shape index (κ1) is 27.2. The van der Waals surface area contributed by atoms with Crippen molar-refractivity contribution in [1.82, 2.24) is 4.98 Å². The summed E-state index contributed by atoms with van der Waals surface area (Å²) in [5.74, 6) is -3.18. The van der Waals surface area contributed by atoms with Crippen LogP contribution in [0.1, 0.15) is 41.6 Å². The third-order valence-corrected chi connectivity index (χ3v) is 5.61. The average Bonchev–Trinajstić information content (AvgIpc) is 2.97. The molecule has 0 radical (unpaired) electrons. The summed E-state index contributed by atoms with van der Waals surface area (Å²) in [6.45, 7) is -1.36. The Morgan fingerprint density at radius 1 is 0.675 bits per heavy atom. The summed E-state index contributed by atoms with van der Waals surface area (Å²) in [6.07, 6.45) is 0. The van der Waals surface area contributed by atoms with Gasteiger partial charge in [-0.2, -0.15) is 0 Å². The lowest BCUT2D eigenvalue weighted by molar-refractivity contribution is -0.385. The van der Waals surface area contributed by atoms with Crippen LogP contribution in [-0.4, -0.2) is 51.5 Å². The summed E-state index contributed by atoms with van der Waals surface area (Å²) in [4.78, 5) is 74.9. The lowest BCUT2D eigenvalue weighted by Crippen LogP contribution is -2.18. The summed E-state index contributed by atoms with van der Waals surface area (Å²) >= 11 is 0. The van der Waals surface area contributed by atoms with Crippen LogP contribution in [-0.2, 0) is 9.47 Å². The van der Waals surface area contributed by atoms with Gasteiger partial charge in [0, 0.05) is 40.8 Å². The molecule has 0 N–H and O–H groups in total. The Morgan fingerprint density at radius 3 is 1.65 bits per heavy atom. The van der Waals surface area contributed by atoms with Crippen LogP contribution < -0.4 is 0 Å². The molecule has 4 aromatic rings. The van der Waals surface area contributed by atoms with Gasteiger partial charge in [-0.25, -0.2) is 14.6 Å². The number of rotatable bonds is 10. The molecule has 0 amide bonds. The van der Waals surface area contributed by atoms with Gasteiger partial charge in [-0.05, 0) is 36.4 Å². The molecule has 13 heteroatoms. The molecular weight excluding hydrogens is 526 g/mol. The lowest BCUT2D eigenvalue weighted by Gasteiger charge is -2.10. The molecule has 0 fully saturated rings. The van der Waals surface area contributed by atoms with Crippen LogP contribution in [0, 0.1) is 20.2 Å². The second kappa shape index (κ2) is 11.7. The predicted molar refractivity (Wildman–Crippen MR) is 137 cm³/mol. The summed E-state index contributed by atoms with van der Waals surface area (Å²) in [7, 11) is 0. The average molecular weight is 543 g/mol. The summed E-state index contributed by atoms with van der Waals surface area (Å²) in [5.41, 5.74) is -0.368. The van der Waals surface area contributed by atoms with Crippen molar-refractivity contribution >= 4 is 45.8 Å². The number of nitrogens with zero attached hydrogens (tertiary/aromatic N) is 3. The highest BCUT2D eigenvalue weighted by Gasteiger charge is 2.21. The largest absolute Gasteiger partial charge is 0.454 e. The maximum absolute atomic E-state index is 12.9. The number of nitro benzene ring substituents is 2. The van der Waals surface area contributed by atoms with E-state index < -0.39 is 46.6 Å². The molecule has 0 saturated heterocycles. The second-order valence-corrected chi connectivity index (χ2v) is 8.18. The van der Waals surface area contributed by atoms with Crippen LogP contribution in [0.3, 0.4) is 0 Å². The minimum Gasteiger partial charge on any atom is -0.454 e. The Bertz CT molecular complexity index is 1660. The predicted octanol–water partition coefficient (Wildman–Crippen LogP) is 4.13. The molecule has 3 aromatic carbocycles. The van der Waals surface area contributed by atoms with Gasteiger partial charge >= 0.3 is 11.9 Å². The monoisotopic (exact) mass is 543 g/mol. The van der Waals surface area contributed by atoms with Crippen molar-refractivity contribution in [2.24, 2.45) is 0 Å². The summed E-state index contributed by atoms with van der Waals surface area (Å²) in [6, 6.07) is 17.0. The van der Waals surface area contributed by atoms with Gasteiger partial charge in [0.1, 0.15) is 5.69 Å². The molecular formula is C27H17N3O10. The number of hydrogen-bond donors (Lipinski definition) is 0. The Hall–Kier alpha value is -5.85. The molecule has 0 spiro atoms. The van der Waals surface area contributed by atoms with Gasteiger partial charge in [0.25, 0.3) is 11.4 Å². The highest BCUT2D eigenvalue weighted by Crippen LogP contribution is 2.21. The number of ketones is 2. The minimum atomic E-state index is -1.02. The van der Waals surface area contributed by atoms with Gasteiger partial charge < -0.3 is 9.47 Å². The van der Waals surface area contributed by atoms with E-state index >= 15 is 0 Å². The third-order valence-electron chi connectivity index (χ3n) is 5.61. The number of non-ortho nitro benzene ring substituents is 2. The van der Waals surface area contributed by atoms with Gasteiger partial charge in [-0.1, -0.05) is 18.2 Å². The van der Waals surface area contributed by atoms with E-state index in [1.54, 1.807) is 18.2 Å². The first-order valence-electron chi connectivity index (χ1n) is 11.4. The van der Waals surface area contributed by atoms with Gasteiger partial charge in [-0.3, -0.25) is 29.8 Å². The summed E-state index contributed by atoms with van der Waals surface area (Å²) < 4.78 is 10.2. The number of ether oxygens (including phenoxy) is 2. The number of esters is 2. The fourth-order valence-electron chi connectivity index (χ4n) is 3.57. The number of para-hydroxylation sites is 1. The number of pyridine rings is 1. The molecule has 0 aliphatic heterocycles. The van der Waals surface area contributed by atoms with Crippen LogP contribution in [0.25, 0.3) is 10.9 Å². The smallest absolute Gasteiger partial charge is 0.357 e. The van der Waals surface area contributed by atoms with Crippen LogP contribution in [0.15, 0.2) is 78.9 Å². The van der Waals surface area contributed by atoms with E-state index in [0.717, 1.165) is 30.3 Å². The molecule has 1 aromatic heterocycles. The van der Waals surface area contributed by atoms with Crippen molar-refractivity contribution in [3.8, 4) is 0 Å². The number of Topliss-reactive ketones (excluding diaryl/α,β-unsaturated/α-hetero) is 2. The fraction of sp³-hybridized carbons (Fsp3) is 0.0741. The van der Waals surface area contributed by atoms with Crippen LogP contribution in [0.2, 0.25) is 0 Å². The second-order valence-electron chi connectivity index (χ2n) is 8.18. The van der Waals surface area contributed by atoms with Crippen LogP contribution in [0.4, 0.5) is 11.4 Å². The van der Waals surface area contributed by atoms with Gasteiger partial charge in [0.2, 0.25) is 0 Å². The van der Waals surface area contributed by atoms with Crippen LogP contribution in [0.5, 0.6) is 0 Å². The lowest BCUT2D eigenvalue weighted by atomic mass is 10.1. The number of nitro groups is 2. The molecule has 40 heavy (non-hydrogen) atoms. The molecule has 1 heterocycles. The van der Waals surface area contributed by atoms with Gasteiger partial charge in [0.05, 0.1) is 20.9 Å². The van der Waals surface area contributed by atoms with E-state index in [0.29, 0.717) is 5.39 Å². The zero-order valence-electron chi connectivity index (χ0n) is 20.3. The first-order chi connectivity index (χ1) is 19.1. The van der Waals surface area contributed by atoms with E-state index in [1.165, 1.54) is 30.3 Å². The molecule has 0 unspecified atom stereocenters. The summed E-state index contributed by atoms with van der Waals surface area (Å²) in [5, 5.41) is 21.9. The first-order valence-corrected chi connectivity index (χ1v) is 11.4. The van der Waals surface area contributed by atoms with E-state index in [1.807, 2.05) is 0 Å². The number of carbonyl (C=O) groups excluding carboxylic acids is 4. The van der Waals surface area contributed by atoms with Gasteiger partial charge in [-0.15, -0.1) is 0 Å². The third kappa shape index (κ3) is 6.16. The number of hydrogen-bond acceptors (Lipinski definition) is 11. The van der Waals surface area contributed by atoms with E-state index in [-0.39, 0.29) is 39.3 Å². The van der Waals surface area contributed by atoms with E-state index in [4.69, 9.17) is 9.47 Å². The topological polar surface area (TPSA) is 186 Å². The standard InChI is InChI=1S/C27H17N3O10/c31-24(16-5-9-18(10-6-16)29(35)36)14-39-26(33)21-13-23(28-22-4-2-1-3-20(21)22)27(34)40-15-25(32)17-7-11-19(12-8-17)30(37)38/h1-13H,14-15H2. The molecule has 4 rings (SSSR count). The van der Waals surface area contributed by atoms with Crippen molar-refractivity contribution in [3.63, 3.8) is 0 Å². The maximum Gasteiger partial charge on any atom is 0.357 e.